The first-order chi connectivity index (χ1) is 27.3. The van der Waals surface area contributed by atoms with Crippen LogP contribution in [0.25, 0.3) is 0 Å². The number of hydrogen-bond donors (Lipinski definition) is 3. The molecule has 1 aromatic rings. The molecule has 57 heavy (non-hydrogen) atoms. The van der Waals surface area contributed by atoms with Crippen molar-refractivity contribution in [3.63, 3.8) is 0 Å². The van der Waals surface area contributed by atoms with Gasteiger partial charge >= 0.3 is 5.97 Å². The van der Waals surface area contributed by atoms with E-state index in [0.29, 0.717) is 43.4 Å². The predicted molar refractivity (Wildman–Crippen MR) is 232 cm³/mol. The molecule has 314 valence electrons. The van der Waals surface area contributed by atoms with E-state index in [4.69, 9.17) is 18.6 Å². The highest BCUT2D eigenvalue weighted by molar-refractivity contribution is 6.73. The maximum Gasteiger partial charge on any atom is 0.332 e. The van der Waals surface area contributed by atoms with E-state index in [1.807, 2.05) is 18.2 Å². The largest absolute Gasteiger partial charge is 0.505 e. The highest BCUT2D eigenvalue weighted by atomic mass is 28.4. The minimum Gasteiger partial charge on any atom is -0.505 e. The molecule has 2 aliphatic rings. The van der Waals surface area contributed by atoms with Crippen molar-refractivity contribution in [2.75, 3.05) is 19.5 Å². The Morgan fingerprint density at radius 1 is 1.04 bits per heavy atom. The topological polar surface area (TPSA) is 132 Å². The van der Waals surface area contributed by atoms with E-state index >= 15 is 0 Å². The smallest absolute Gasteiger partial charge is 0.332 e. The lowest BCUT2D eigenvalue weighted by Gasteiger charge is -2.39. The summed E-state index contributed by atoms with van der Waals surface area (Å²) >= 11 is 0. The van der Waals surface area contributed by atoms with Crippen LogP contribution in [0.4, 0.5) is 5.69 Å². The fourth-order valence-electron chi connectivity index (χ4n) is 7.31. The third-order valence-electron chi connectivity index (χ3n) is 11.5. The number of aromatic hydroxyl groups is 1. The molecule has 0 spiro atoms. The summed E-state index contributed by atoms with van der Waals surface area (Å²) in [4.78, 5) is 40.0. The molecule has 11 heteroatoms. The first kappa shape index (κ1) is 47.2. The van der Waals surface area contributed by atoms with Gasteiger partial charge in [-0.2, -0.15) is 0 Å². The van der Waals surface area contributed by atoms with Crippen LogP contribution in [0.1, 0.15) is 98.0 Å². The normalized spacial score (nSPS) is 17.6. The van der Waals surface area contributed by atoms with Gasteiger partial charge in [-0.25, -0.2) is 4.79 Å². The Labute approximate surface area is 342 Å². The zero-order chi connectivity index (χ0) is 42.0. The molecule has 1 saturated carbocycles. The van der Waals surface area contributed by atoms with E-state index in [0.717, 1.165) is 55.0 Å². The van der Waals surface area contributed by atoms with Gasteiger partial charge in [0.25, 0.3) is 0 Å². The maximum atomic E-state index is 13.9. The molecule has 1 aromatic carbocycles. The average Bonchev–Trinajstić information content (AvgIpc) is 4.01. The second-order valence-electron chi connectivity index (χ2n) is 15.3. The number of carbonyl (C=O) groups excluding carboxylic acids is 3. The summed E-state index contributed by atoms with van der Waals surface area (Å²) in [5.41, 5.74) is 1.64. The lowest BCUT2D eigenvalue weighted by atomic mass is 9.90. The van der Waals surface area contributed by atoms with Crippen molar-refractivity contribution in [2.45, 2.75) is 141 Å². The summed E-state index contributed by atoms with van der Waals surface area (Å²) < 4.78 is 24.5. The van der Waals surface area contributed by atoms with Gasteiger partial charge in [-0.3, -0.25) is 9.59 Å². The molecule has 0 heterocycles. The number of carbonyl (C=O) groups is 3. The molecule has 2 aliphatic carbocycles. The van der Waals surface area contributed by atoms with E-state index < -0.39 is 32.0 Å². The second-order valence-corrected chi connectivity index (χ2v) is 20.0. The van der Waals surface area contributed by atoms with Gasteiger partial charge < -0.3 is 34.4 Å². The van der Waals surface area contributed by atoms with Crippen molar-refractivity contribution in [1.82, 2.24) is 5.32 Å². The number of aryl methyl sites for hydroxylation is 1. The van der Waals surface area contributed by atoms with E-state index in [2.05, 4.69) is 64.5 Å². The third kappa shape index (κ3) is 13.7. The number of phenols is 1. The molecule has 10 nitrogen and oxygen atoms in total. The molecule has 1 fully saturated rings. The molecule has 0 aliphatic heterocycles. The molecule has 0 bridgehead atoms. The Bertz CT molecular complexity index is 1650. The molecule has 3 N–H and O–H groups in total. The van der Waals surface area contributed by atoms with Crippen molar-refractivity contribution in [2.24, 2.45) is 5.92 Å². The zero-order valence-electron chi connectivity index (χ0n) is 35.5. The number of benzene rings is 1. The van der Waals surface area contributed by atoms with Crippen LogP contribution in [0.15, 0.2) is 85.0 Å². The van der Waals surface area contributed by atoms with Gasteiger partial charge in [0.05, 0.1) is 31.4 Å². The fraction of sp³-hybridized carbons (Fsp3) is 0.543. The molecule has 0 unspecified atom stereocenters. The summed E-state index contributed by atoms with van der Waals surface area (Å²) in [5, 5.41) is 17.2. The Morgan fingerprint density at radius 3 is 2.32 bits per heavy atom. The predicted octanol–water partition coefficient (Wildman–Crippen LogP) is 9.59. The van der Waals surface area contributed by atoms with Crippen LogP contribution >= 0.6 is 0 Å². The minimum atomic E-state index is -2.16. The summed E-state index contributed by atoms with van der Waals surface area (Å²) in [6.45, 7) is 18.2. The molecule has 4 atom stereocenters. The summed E-state index contributed by atoms with van der Waals surface area (Å²) in [5.74, 6) is -0.636. The number of esters is 1. The number of anilines is 1. The first-order valence-electron chi connectivity index (χ1n) is 20.7. The van der Waals surface area contributed by atoms with Gasteiger partial charge in [0, 0.05) is 36.7 Å². The van der Waals surface area contributed by atoms with Gasteiger partial charge in [-0.1, -0.05) is 89.5 Å². The van der Waals surface area contributed by atoms with Crippen molar-refractivity contribution in [1.29, 1.82) is 0 Å². The molecule has 2 amide bonds. The lowest BCUT2D eigenvalue weighted by molar-refractivity contribution is -0.158. The number of ether oxygens (including phenoxy) is 3. The van der Waals surface area contributed by atoms with E-state index in [1.165, 1.54) is 7.11 Å². The van der Waals surface area contributed by atoms with Crippen LogP contribution in [0, 0.1) is 5.92 Å². The van der Waals surface area contributed by atoms with Crippen LogP contribution in [0.5, 0.6) is 11.5 Å². The lowest BCUT2D eigenvalue weighted by Crippen LogP contribution is -2.49. The third-order valence-corrected chi connectivity index (χ3v) is 16.1. The highest BCUT2D eigenvalue weighted by Crippen LogP contribution is 2.40. The molecular formula is C46H68N2O8Si. The number of phenolic OH excluding ortho intramolecular Hbond substituents is 1. The Kier molecular flexibility index (Phi) is 19.3. The standard InChI is InChI=1S/C46H68N2O8Si/c1-10-15-18-27-40(55-45(52)46(28-29-46)48-44(51)35-23-19-17-20-24-35)34(7)43(56-57(12-3,13-4)14-5)33(6)22-21-25-36-30-38(54-9)31-39(42(36)50)47-41(49)32-37(53-8)26-16-11-2/h10-11,15-16,18,22-23,26,30-31,34,37,40,43,50H,1-2,12-14,17,19-21,24-25,27-29,32H2,3-9H3,(H,47,49)(H,48,51)/b18-15+,26-16+,33-22-/t34-,37-,40-,43-/m0/s1. The molecule has 0 aromatic heterocycles. The van der Waals surface area contributed by atoms with Crippen LogP contribution in [0.2, 0.25) is 18.1 Å². The summed E-state index contributed by atoms with van der Waals surface area (Å²) in [6, 6.07) is 6.22. The molecular weight excluding hydrogens is 737 g/mol. The molecule has 3 rings (SSSR count). The van der Waals surface area contributed by atoms with Crippen LogP contribution in [-0.2, 0) is 34.7 Å². The van der Waals surface area contributed by atoms with Gasteiger partial charge in [0.1, 0.15) is 23.1 Å². The monoisotopic (exact) mass is 804 g/mol. The number of methoxy groups -OCH3 is 2. The molecule has 0 saturated heterocycles. The van der Waals surface area contributed by atoms with Crippen LogP contribution in [-0.4, -0.2) is 69.3 Å². The fourth-order valence-corrected chi connectivity index (χ4v) is 10.3. The number of amides is 2. The SMILES string of the molecule is C=C/C=C/C[C@H](OC(=O)C1(NC(=O)C2=CCCCC2)CC1)[C@H](C)[C@@H](O[Si](CC)(CC)CC)/C(C)=C\CCc1cc(OC)cc(NC(=O)C[C@H](/C=C/C=C)OC)c1O. The number of hydrogen-bond acceptors (Lipinski definition) is 8. The molecule has 0 radical (unpaired) electrons. The van der Waals surface area contributed by atoms with Gasteiger partial charge in [0.2, 0.25) is 11.8 Å². The van der Waals surface area contributed by atoms with Gasteiger partial charge in [-0.05, 0) is 88.1 Å². The van der Waals surface area contributed by atoms with Crippen molar-refractivity contribution < 1.29 is 38.1 Å². The second kappa shape index (κ2) is 23.3. The first-order valence-corrected chi connectivity index (χ1v) is 23.2. The quantitative estimate of drug-likeness (QED) is 0.0293. The van der Waals surface area contributed by atoms with Crippen molar-refractivity contribution >= 4 is 31.8 Å². The highest BCUT2D eigenvalue weighted by Gasteiger charge is 2.54. The summed E-state index contributed by atoms with van der Waals surface area (Å²) in [6.07, 6.45) is 19.7. The summed E-state index contributed by atoms with van der Waals surface area (Å²) in [7, 11) is 0.914. The van der Waals surface area contributed by atoms with Gasteiger partial charge in [-0.15, -0.1) is 0 Å². The minimum absolute atomic E-state index is 0.0248. The van der Waals surface area contributed by atoms with Crippen LogP contribution in [0.3, 0.4) is 0 Å². The van der Waals surface area contributed by atoms with Gasteiger partial charge in [0.15, 0.2) is 8.32 Å². The number of rotatable bonds is 25. The Morgan fingerprint density at radius 2 is 1.74 bits per heavy atom. The Balaban J connectivity index is 1.88. The number of nitrogens with one attached hydrogen (secondary N) is 2. The van der Waals surface area contributed by atoms with Crippen molar-refractivity contribution in [3.8, 4) is 11.5 Å². The van der Waals surface area contributed by atoms with E-state index in [9.17, 15) is 19.5 Å². The number of allylic oxidation sites excluding steroid dienone is 6. The average molecular weight is 805 g/mol. The van der Waals surface area contributed by atoms with E-state index in [1.54, 1.807) is 43.5 Å². The van der Waals surface area contributed by atoms with E-state index in [-0.39, 0.29) is 41.7 Å². The van der Waals surface area contributed by atoms with Crippen LogP contribution < -0.4 is 15.4 Å². The van der Waals surface area contributed by atoms with Crippen molar-refractivity contribution in [3.05, 3.63) is 90.6 Å². The Hall–Kier alpha value is -4.19. The zero-order valence-corrected chi connectivity index (χ0v) is 36.5. The maximum absolute atomic E-state index is 13.9.